The van der Waals surface area contributed by atoms with Crippen molar-refractivity contribution in [1.29, 1.82) is 0 Å². The van der Waals surface area contributed by atoms with Crippen molar-refractivity contribution in [2.45, 2.75) is 33.1 Å². The average molecular weight is 185 g/mol. The summed E-state index contributed by atoms with van der Waals surface area (Å²) in [7, 11) is 0. The van der Waals surface area contributed by atoms with Crippen molar-refractivity contribution in [3.8, 4) is 0 Å². The minimum Gasteiger partial charge on any atom is -0.448 e. The molecular formula is C10H19NO2. The van der Waals surface area contributed by atoms with Crippen molar-refractivity contribution < 1.29 is 9.53 Å². The lowest BCUT2D eigenvalue weighted by Crippen LogP contribution is -2.25. The number of unbranched alkanes of at least 4 members (excludes halogenated alkanes) is 1. The van der Waals surface area contributed by atoms with E-state index in [4.69, 9.17) is 4.74 Å². The highest BCUT2D eigenvalue weighted by atomic mass is 16.6. The third-order valence-electron chi connectivity index (χ3n) is 2.30. The number of hydrogen-bond acceptors (Lipinski definition) is 2. The number of rotatable bonds is 5. The number of ether oxygens (including phenoxy) is 1. The van der Waals surface area contributed by atoms with E-state index in [2.05, 4.69) is 13.8 Å². The lowest BCUT2D eigenvalue weighted by Gasteiger charge is -2.12. The molecule has 0 unspecified atom stereocenters. The molecule has 0 radical (unpaired) electrons. The predicted octanol–water partition coefficient (Wildman–Crippen LogP) is 2.26. The van der Waals surface area contributed by atoms with Gasteiger partial charge in [-0.15, -0.1) is 0 Å². The van der Waals surface area contributed by atoms with Crippen LogP contribution in [0.15, 0.2) is 0 Å². The van der Waals surface area contributed by atoms with Gasteiger partial charge in [0.2, 0.25) is 0 Å². The SMILES string of the molecule is CC(C)CCCCN1CCOC1=O. The molecule has 0 bridgehead atoms. The van der Waals surface area contributed by atoms with E-state index in [0.717, 1.165) is 25.4 Å². The van der Waals surface area contributed by atoms with E-state index in [0.29, 0.717) is 6.61 Å². The molecule has 1 saturated heterocycles. The van der Waals surface area contributed by atoms with Gasteiger partial charge in [0, 0.05) is 6.54 Å². The van der Waals surface area contributed by atoms with E-state index in [1.54, 1.807) is 4.90 Å². The molecule has 3 heteroatoms. The molecule has 0 atom stereocenters. The van der Waals surface area contributed by atoms with Gasteiger partial charge in [-0.25, -0.2) is 4.79 Å². The van der Waals surface area contributed by atoms with Crippen molar-refractivity contribution in [3.63, 3.8) is 0 Å². The Bertz CT molecular complexity index is 168. The first kappa shape index (κ1) is 10.4. The van der Waals surface area contributed by atoms with Crippen LogP contribution in [0.25, 0.3) is 0 Å². The summed E-state index contributed by atoms with van der Waals surface area (Å²) in [5, 5.41) is 0. The maximum atomic E-state index is 11.0. The van der Waals surface area contributed by atoms with E-state index in [9.17, 15) is 4.79 Å². The Kier molecular flexibility index (Phi) is 4.06. The highest BCUT2D eigenvalue weighted by Crippen LogP contribution is 2.09. The van der Waals surface area contributed by atoms with Crippen LogP contribution >= 0.6 is 0 Å². The van der Waals surface area contributed by atoms with Gasteiger partial charge >= 0.3 is 6.09 Å². The summed E-state index contributed by atoms with van der Waals surface area (Å²) in [5.41, 5.74) is 0. The number of carbonyl (C=O) groups is 1. The lowest BCUT2D eigenvalue weighted by atomic mass is 10.1. The largest absolute Gasteiger partial charge is 0.448 e. The molecule has 0 aliphatic carbocycles. The normalized spacial score (nSPS) is 16.8. The molecule has 1 aliphatic heterocycles. The van der Waals surface area contributed by atoms with E-state index >= 15 is 0 Å². The molecule has 3 nitrogen and oxygen atoms in total. The van der Waals surface area contributed by atoms with Crippen molar-refractivity contribution in [3.05, 3.63) is 0 Å². The van der Waals surface area contributed by atoms with Crippen LogP contribution in [0.5, 0.6) is 0 Å². The minimum atomic E-state index is -0.135. The molecule has 13 heavy (non-hydrogen) atoms. The van der Waals surface area contributed by atoms with Gasteiger partial charge in [-0.05, 0) is 12.3 Å². The first-order valence-corrected chi connectivity index (χ1v) is 5.12. The van der Waals surface area contributed by atoms with Crippen LogP contribution in [0.1, 0.15) is 33.1 Å². The van der Waals surface area contributed by atoms with Gasteiger partial charge in [-0.2, -0.15) is 0 Å². The molecule has 1 aliphatic rings. The van der Waals surface area contributed by atoms with Gasteiger partial charge < -0.3 is 9.64 Å². The lowest BCUT2D eigenvalue weighted by molar-refractivity contribution is 0.158. The minimum absolute atomic E-state index is 0.135. The van der Waals surface area contributed by atoms with Crippen LogP contribution in [0.3, 0.4) is 0 Å². The van der Waals surface area contributed by atoms with Gasteiger partial charge in [0.1, 0.15) is 6.61 Å². The quantitative estimate of drug-likeness (QED) is 0.615. The Morgan fingerprint density at radius 3 is 2.77 bits per heavy atom. The molecule has 0 aromatic carbocycles. The zero-order valence-electron chi connectivity index (χ0n) is 8.58. The second kappa shape index (κ2) is 5.10. The fourth-order valence-corrected chi connectivity index (χ4v) is 1.48. The Hall–Kier alpha value is -0.730. The second-order valence-corrected chi connectivity index (χ2v) is 3.99. The van der Waals surface area contributed by atoms with Crippen molar-refractivity contribution in [2.75, 3.05) is 19.7 Å². The Morgan fingerprint density at radius 2 is 2.23 bits per heavy atom. The molecular weight excluding hydrogens is 166 g/mol. The van der Waals surface area contributed by atoms with Gasteiger partial charge in [-0.1, -0.05) is 26.7 Å². The van der Waals surface area contributed by atoms with Crippen LogP contribution in [0.2, 0.25) is 0 Å². The second-order valence-electron chi connectivity index (χ2n) is 3.99. The van der Waals surface area contributed by atoms with E-state index in [1.807, 2.05) is 0 Å². The molecule has 1 heterocycles. The highest BCUT2D eigenvalue weighted by Gasteiger charge is 2.20. The van der Waals surface area contributed by atoms with Crippen LogP contribution in [-0.2, 0) is 4.74 Å². The summed E-state index contributed by atoms with van der Waals surface area (Å²) < 4.78 is 4.83. The summed E-state index contributed by atoms with van der Waals surface area (Å²) in [4.78, 5) is 12.8. The van der Waals surface area contributed by atoms with E-state index < -0.39 is 0 Å². The number of nitrogens with zero attached hydrogens (tertiary/aromatic N) is 1. The fourth-order valence-electron chi connectivity index (χ4n) is 1.48. The standard InChI is InChI=1S/C10H19NO2/c1-9(2)5-3-4-6-11-7-8-13-10(11)12/h9H,3-8H2,1-2H3. The summed E-state index contributed by atoms with van der Waals surface area (Å²) in [6, 6.07) is 0. The number of amides is 1. The Balaban J connectivity index is 2.02. The topological polar surface area (TPSA) is 29.5 Å². The predicted molar refractivity (Wildman–Crippen MR) is 51.6 cm³/mol. The van der Waals surface area contributed by atoms with Crippen molar-refractivity contribution in [2.24, 2.45) is 5.92 Å². The third-order valence-corrected chi connectivity index (χ3v) is 2.30. The first-order valence-electron chi connectivity index (χ1n) is 5.12. The smallest absolute Gasteiger partial charge is 0.409 e. The number of carbonyl (C=O) groups excluding carboxylic acids is 1. The van der Waals surface area contributed by atoms with Crippen LogP contribution in [-0.4, -0.2) is 30.7 Å². The zero-order valence-corrected chi connectivity index (χ0v) is 8.58. The van der Waals surface area contributed by atoms with E-state index in [1.165, 1.54) is 12.8 Å². The van der Waals surface area contributed by atoms with Gasteiger partial charge in [0.25, 0.3) is 0 Å². The molecule has 0 saturated carbocycles. The maximum absolute atomic E-state index is 11.0. The van der Waals surface area contributed by atoms with E-state index in [-0.39, 0.29) is 6.09 Å². The van der Waals surface area contributed by atoms with Crippen LogP contribution in [0, 0.1) is 5.92 Å². The molecule has 0 spiro atoms. The summed E-state index contributed by atoms with van der Waals surface area (Å²) >= 11 is 0. The Morgan fingerprint density at radius 1 is 1.46 bits per heavy atom. The van der Waals surface area contributed by atoms with Gasteiger partial charge in [-0.3, -0.25) is 0 Å². The Labute approximate surface area is 80.1 Å². The molecule has 0 aromatic rings. The fraction of sp³-hybridized carbons (Fsp3) is 0.900. The zero-order chi connectivity index (χ0) is 9.68. The van der Waals surface area contributed by atoms with Crippen molar-refractivity contribution in [1.82, 2.24) is 4.90 Å². The maximum Gasteiger partial charge on any atom is 0.409 e. The van der Waals surface area contributed by atoms with Gasteiger partial charge in [0.15, 0.2) is 0 Å². The molecule has 1 fully saturated rings. The summed E-state index contributed by atoms with van der Waals surface area (Å²) in [5.74, 6) is 0.769. The molecule has 1 amide bonds. The number of cyclic esters (lactones) is 1. The summed E-state index contributed by atoms with van der Waals surface area (Å²) in [6.45, 7) is 6.67. The van der Waals surface area contributed by atoms with Crippen LogP contribution < -0.4 is 0 Å². The molecule has 0 aromatic heterocycles. The number of hydrogen-bond donors (Lipinski definition) is 0. The highest BCUT2D eigenvalue weighted by molar-refractivity contribution is 5.69. The third kappa shape index (κ3) is 3.66. The van der Waals surface area contributed by atoms with Gasteiger partial charge in [0.05, 0.1) is 6.54 Å². The average Bonchev–Trinajstić information content (AvgIpc) is 2.45. The summed E-state index contributed by atoms with van der Waals surface area (Å²) in [6.07, 6.45) is 3.43. The monoisotopic (exact) mass is 185 g/mol. The van der Waals surface area contributed by atoms with Crippen molar-refractivity contribution >= 4 is 6.09 Å². The molecule has 0 N–H and O–H groups in total. The van der Waals surface area contributed by atoms with Crippen LogP contribution in [0.4, 0.5) is 4.79 Å². The first-order chi connectivity index (χ1) is 6.20. The molecule has 1 rings (SSSR count). The molecule has 76 valence electrons.